The average molecular weight is 193 g/mol. The number of halogens is 1. The first-order valence-electron chi connectivity index (χ1n) is 5.26. The summed E-state index contributed by atoms with van der Waals surface area (Å²) in [6.07, 6.45) is 3.02. The molecule has 2 N–H and O–H groups in total. The molecule has 1 aromatic carbocycles. The van der Waals surface area contributed by atoms with Crippen LogP contribution in [0.2, 0.25) is 0 Å². The number of hydrogen-bond donors (Lipinski definition) is 1. The van der Waals surface area contributed by atoms with E-state index in [-0.39, 0.29) is 11.9 Å². The van der Waals surface area contributed by atoms with Gasteiger partial charge in [-0.25, -0.2) is 4.39 Å². The van der Waals surface area contributed by atoms with Crippen molar-refractivity contribution in [3.8, 4) is 0 Å². The normalized spacial score (nSPS) is 25.9. The highest BCUT2D eigenvalue weighted by molar-refractivity contribution is 5.34. The third kappa shape index (κ3) is 1.55. The molecule has 0 aliphatic heterocycles. The highest BCUT2D eigenvalue weighted by Gasteiger charge is 2.25. The van der Waals surface area contributed by atoms with E-state index in [9.17, 15) is 4.39 Å². The van der Waals surface area contributed by atoms with Crippen LogP contribution < -0.4 is 5.73 Å². The molecule has 1 aromatic rings. The van der Waals surface area contributed by atoms with Crippen molar-refractivity contribution in [2.45, 2.75) is 38.1 Å². The molecule has 1 aliphatic carbocycles. The third-order valence-electron chi connectivity index (χ3n) is 3.21. The van der Waals surface area contributed by atoms with E-state index >= 15 is 0 Å². The molecular weight excluding hydrogens is 177 g/mol. The summed E-state index contributed by atoms with van der Waals surface area (Å²) in [5.41, 5.74) is 8.44. The fraction of sp³-hybridized carbons (Fsp3) is 0.500. The van der Waals surface area contributed by atoms with Crippen molar-refractivity contribution in [1.29, 1.82) is 0 Å². The maximum Gasteiger partial charge on any atom is 0.123 e. The minimum atomic E-state index is -0.142. The van der Waals surface area contributed by atoms with Crippen LogP contribution in [0.5, 0.6) is 0 Å². The van der Waals surface area contributed by atoms with Crippen LogP contribution in [0, 0.1) is 5.82 Å². The van der Waals surface area contributed by atoms with Gasteiger partial charge in [-0.05, 0) is 48.4 Å². The molecule has 0 heterocycles. The second-order valence-electron chi connectivity index (χ2n) is 4.06. The van der Waals surface area contributed by atoms with E-state index in [1.807, 2.05) is 6.07 Å². The maximum absolute atomic E-state index is 13.1. The Kier molecular flexibility index (Phi) is 2.55. The summed E-state index contributed by atoms with van der Waals surface area (Å²) >= 11 is 0. The number of aryl methyl sites for hydroxylation is 1. The van der Waals surface area contributed by atoms with Gasteiger partial charge in [0.15, 0.2) is 0 Å². The number of fused-ring (bicyclic) bond motifs is 1. The van der Waals surface area contributed by atoms with E-state index < -0.39 is 0 Å². The molecule has 1 aliphatic rings. The lowest BCUT2D eigenvalue weighted by Crippen LogP contribution is -2.32. The van der Waals surface area contributed by atoms with E-state index in [2.05, 4.69) is 6.92 Å². The monoisotopic (exact) mass is 193 g/mol. The third-order valence-corrected chi connectivity index (χ3v) is 3.21. The van der Waals surface area contributed by atoms with Crippen molar-refractivity contribution in [1.82, 2.24) is 0 Å². The van der Waals surface area contributed by atoms with Crippen molar-refractivity contribution >= 4 is 0 Å². The molecule has 2 unspecified atom stereocenters. The minimum absolute atomic E-state index is 0.142. The predicted octanol–water partition coefficient (Wildman–Crippen LogP) is 2.59. The zero-order valence-electron chi connectivity index (χ0n) is 8.46. The molecule has 0 bridgehead atoms. The van der Waals surface area contributed by atoms with Crippen LogP contribution in [0.25, 0.3) is 0 Å². The Morgan fingerprint density at radius 3 is 3.00 bits per heavy atom. The van der Waals surface area contributed by atoms with Gasteiger partial charge < -0.3 is 5.73 Å². The lowest BCUT2D eigenvalue weighted by atomic mass is 9.78. The van der Waals surface area contributed by atoms with Crippen LogP contribution in [-0.4, -0.2) is 6.04 Å². The van der Waals surface area contributed by atoms with E-state index in [0.717, 1.165) is 24.8 Å². The van der Waals surface area contributed by atoms with Gasteiger partial charge in [0.05, 0.1) is 0 Å². The van der Waals surface area contributed by atoms with Crippen LogP contribution in [0.1, 0.15) is 36.8 Å². The molecule has 0 spiro atoms. The van der Waals surface area contributed by atoms with Gasteiger partial charge >= 0.3 is 0 Å². The van der Waals surface area contributed by atoms with Crippen molar-refractivity contribution in [2.24, 2.45) is 5.73 Å². The fourth-order valence-electron chi connectivity index (χ4n) is 2.42. The summed E-state index contributed by atoms with van der Waals surface area (Å²) in [6.45, 7) is 2.12. The van der Waals surface area contributed by atoms with Crippen LogP contribution >= 0.6 is 0 Å². The summed E-state index contributed by atoms with van der Waals surface area (Å²) in [7, 11) is 0. The SMILES string of the molecule is CCC1c2cc(F)ccc2CCC1N. The molecule has 0 saturated heterocycles. The molecule has 0 saturated carbocycles. The Morgan fingerprint density at radius 1 is 1.50 bits per heavy atom. The first kappa shape index (κ1) is 9.66. The van der Waals surface area contributed by atoms with Gasteiger partial charge in [-0.2, -0.15) is 0 Å². The Bertz CT molecular complexity index is 335. The zero-order chi connectivity index (χ0) is 10.1. The molecule has 76 valence electrons. The van der Waals surface area contributed by atoms with Gasteiger partial charge in [0.1, 0.15) is 5.82 Å². The number of hydrogen-bond acceptors (Lipinski definition) is 1. The topological polar surface area (TPSA) is 26.0 Å². The van der Waals surface area contributed by atoms with Crippen LogP contribution in [0.4, 0.5) is 4.39 Å². The molecule has 0 aromatic heterocycles. The van der Waals surface area contributed by atoms with Gasteiger partial charge in [-0.3, -0.25) is 0 Å². The molecule has 2 heteroatoms. The number of benzene rings is 1. The van der Waals surface area contributed by atoms with E-state index in [1.165, 1.54) is 5.56 Å². The van der Waals surface area contributed by atoms with E-state index in [0.29, 0.717) is 5.92 Å². The summed E-state index contributed by atoms with van der Waals surface area (Å²) in [4.78, 5) is 0. The van der Waals surface area contributed by atoms with Crippen molar-refractivity contribution < 1.29 is 4.39 Å². The highest BCUT2D eigenvalue weighted by atomic mass is 19.1. The van der Waals surface area contributed by atoms with Gasteiger partial charge in [0.2, 0.25) is 0 Å². The summed E-state index contributed by atoms with van der Waals surface area (Å²) in [6, 6.07) is 5.30. The van der Waals surface area contributed by atoms with Gasteiger partial charge in [0.25, 0.3) is 0 Å². The molecule has 2 atom stereocenters. The van der Waals surface area contributed by atoms with E-state index in [1.54, 1.807) is 12.1 Å². The van der Waals surface area contributed by atoms with Crippen molar-refractivity contribution in [3.63, 3.8) is 0 Å². The van der Waals surface area contributed by atoms with Crippen LogP contribution in [0.3, 0.4) is 0 Å². The lowest BCUT2D eigenvalue weighted by molar-refractivity contribution is 0.456. The molecule has 0 radical (unpaired) electrons. The van der Waals surface area contributed by atoms with Crippen LogP contribution in [0.15, 0.2) is 18.2 Å². The summed E-state index contributed by atoms with van der Waals surface area (Å²) in [5.74, 6) is 0.200. The molecule has 2 rings (SSSR count). The first-order chi connectivity index (χ1) is 6.72. The lowest BCUT2D eigenvalue weighted by Gasteiger charge is -2.30. The summed E-state index contributed by atoms with van der Waals surface area (Å²) < 4.78 is 13.1. The summed E-state index contributed by atoms with van der Waals surface area (Å²) in [5, 5.41) is 0. The first-order valence-corrected chi connectivity index (χ1v) is 5.26. The maximum atomic E-state index is 13.1. The fourth-order valence-corrected chi connectivity index (χ4v) is 2.42. The molecular formula is C12H16FN. The van der Waals surface area contributed by atoms with E-state index in [4.69, 9.17) is 5.73 Å². The largest absolute Gasteiger partial charge is 0.327 e. The highest BCUT2D eigenvalue weighted by Crippen LogP contribution is 2.33. The Labute approximate surface area is 84.1 Å². The van der Waals surface area contributed by atoms with Crippen LogP contribution in [-0.2, 0) is 6.42 Å². The Balaban J connectivity index is 2.43. The second kappa shape index (κ2) is 3.70. The predicted molar refractivity (Wildman–Crippen MR) is 55.7 cm³/mol. The zero-order valence-corrected chi connectivity index (χ0v) is 8.46. The molecule has 0 fully saturated rings. The molecule has 14 heavy (non-hydrogen) atoms. The smallest absolute Gasteiger partial charge is 0.123 e. The quantitative estimate of drug-likeness (QED) is 0.729. The van der Waals surface area contributed by atoms with Gasteiger partial charge in [0, 0.05) is 6.04 Å². The van der Waals surface area contributed by atoms with Gasteiger partial charge in [-0.15, -0.1) is 0 Å². The van der Waals surface area contributed by atoms with Gasteiger partial charge in [-0.1, -0.05) is 13.0 Å². The Morgan fingerprint density at radius 2 is 2.29 bits per heavy atom. The molecule has 1 nitrogen and oxygen atoms in total. The Hall–Kier alpha value is -0.890. The second-order valence-corrected chi connectivity index (χ2v) is 4.06. The molecule has 0 amide bonds. The average Bonchev–Trinajstić information content (AvgIpc) is 2.17. The van der Waals surface area contributed by atoms with Crippen molar-refractivity contribution in [3.05, 3.63) is 35.1 Å². The minimum Gasteiger partial charge on any atom is -0.327 e. The standard InChI is InChI=1S/C12H16FN/c1-2-10-11-7-9(13)5-3-8(11)4-6-12(10)14/h3,5,7,10,12H,2,4,6,14H2,1H3. The number of nitrogens with two attached hydrogens (primary N) is 1. The van der Waals surface area contributed by atoms with Crippen molar-refractivity contribution in [2.75, 3.05) is 0 Å². The number of rotatable bonds is 1.